The lowest BCUT2D eigenvalue weighted by Gasteiger charge is -2.35. The van der Waals surface area contributed by atoms with Gasteiger partial charge in [-0.3, -0.25) is 4.79 Å². The third-order valence-corrected chi connectivity index (χ3v) is 2.93. The lowest BCUT2D eigenvalue weighted by Crippen LogP contribution is -2.52. The number of rotatable bonds is 4. The highest BCUT2D eigenvalue weighted by atomic mass is 16.7. The maximum atomic E-state index is 11.7. The maximum absolute atomic E-state index is 11.7. The number of carbonyl (C=O) groups is 2. The monoisotopic (exact) mass is 260 g/mol. The van der Waals surface area contributed by atoms with Gasteiger partial charge in [-0.25, -0.2) is 4.79 Å². The molecule has 1 saturated heterocycles. The number of ketones is 1. The van der Waals surface area contributed by atoms with Gasteiger partial charge in [0.1, 0.15) is 6.61 Å². The van der Waals surface area contributed by atoms with Gasteiger partial charge in [0.05, 0.1) is 19.1 Å². The molecule has 0 aromatic heterocycles. The Morgan fingerprint density at radius 2 is 2.17 bits per heavy atom. The van der Waals surface area contributed by atoms with Crippen LogP contribution in [0.2, 0.25) is 0 Å². The number of ether oxygens (including phenoxy) is 3. The second-order valence-electron chi connectivity index (χ2n) is 4.82. The number of Topliss-reactive ketones (excluding diaryl/α,β-unsaturated/α-hetero) is 1. The molecule has 1 rings (SSSR count). The summed E-state index contributed by atoms with van der Waals surface area (Å²) in [5, 5.41) is 10.1. The molecule has 0 bridgehead atoms. The number of methoxy groups -OCH3 is 1. The molecule has 0 saturated carbocycles. The highest BCUT2D eigenvalue weighted by Gasteiger charge is 2.48. The van der Waals surface area contributed by atoms with E-state index in [1.807, 2.05) is 13.8 Å². The Morgan fingerprint density at radius 3 is 2.67 bits per heavy atom. The summed E-state index contributed by atoms with van der Waals surface area (Å²) in [4.78, 5) is 23.2. The quantitative estimate of drug-likeness (QED) is 0.730. The van der Waals surface area contributed by atoms with Gasteiger partial charge in [-0.2, -0.15) is 0 Å². The van der Waals surface area contributed by atoms with Crippen LogP contribution in [0.5, 0.6) is 0 Å². The van der Waals surface area contributed by atoms with Gasteiger partial charge < -0.3 is 19.3 Å². The number of esters is 1. The number of carbonyl (C=O) groups excluding carboxylic acids is 2. The molecule has 0 amide bonds. The van der Waals surface area contributed by atoms with Crippen molar-refractivity contribution in [3.05, 3.63) is 0 Å². The molecule has 0 aromatic carbocycles. The van der Waals surface area contributed by atoms with E-state index in [9.17, 15) is 14.7 Å². The summed E-state index contributed by atoms with van der Waals surface area (Å²) < 4.78 is 15.2. The molecule has 104 valence electrons. The largest absolute Gasteiger partial charge is 0.467 e. The maximum Gasteiger partial charge on any atom is 0.338 e. The predicted octanol–water partition coefficient (Wildman–Crippen LogP) is 0.267. The zero-order valence-electron chi connectivity index (χ0n) is 11.1. The van der Waals surface area contributed by atoms with E-state index in [-0.39, 0.29) is 24.9 Å². The lowest BCUT2D eigenvalue weighted by molar-refractivity contribution is -0.211. The van der Waals surface area contributed by atoms with Crippen molar-refractivity contribution in [2.75, 3.05) is 13.7 Å². The molecule has 0 aromatic rings. The van der Waals surface area contributed by atoms with Gasteiger partial charge in [0, 0.05) is 6.42 Å². The van der Waals surface area contributed by atoms with E-state index in [2.05, 4.69) is 4.74 Å². The van der Waals surface area contributed by atoms with Crippen LogP contribution in [-0.4, -0.2) is 48.6 Å². The van der Waals surface area contributed by atoms with Gasteiger partial charge in [-0.1, -0.05) is 0 Å². The van der Waals surface area contributed by atoms with Crippen molar-refractivity contribution in [2.45, 2.75) is 45.2 Å². The summed E-state index contributed by atoms with van der Waals surface area (Å²) in [6.45, 7) is 4.79. The minimum Gasteiger partial charge on any atom is -0.467 e. The van der Waals surface area contributed by atoms with E-state index in [0.717, 1.165) is 0 Å². The van der Waals surface area contributed by atoms with E-state index in [4.69, 9.17) is 9.47 Å². The van der Waals surface area contributed by atoms with Crippen LogP contribution < -0.4 is 0 Å². The van der Waals surface area contributed by atoms with Crippen molar-refractivity contribution < 1.29 is 28.9 Å². The summed E-state index contributed by atoms with van der Waals surface area (Å²) in [6, 6.07) is 0. The molecule has 1 fully saturated rings. The minimum absolute atomic E-state index is 0.0630. The first-order valence-corrected chi connectivity index (χ1v) is 5.89. The molecule has 0 unspecified atom stereocenters. The van der Waals surface area contributed by atoms with E-state index < -0.39 is 23.8 Å². The number of hydrogen-bond donors (Lipinski definition) is 1. The van der Waals surface area contributed by atoms with Crippen LogP contribution in [0.25, 0.3) is 0 Å². The third kappa shape index (κ3) is 3.28. The Kier molecular flexibility index (Phi) is 4.84. The Morgan fingerprint density at radius 1 is 1.56 bits per heavy atom. The molecule has 0 spiro atoms. The molecule has 0 aliphatic carbocycles. The topological polar surface area (TPSA) is 82.1 Å². The fourth-order valence-corrected chi connectivity index (χ4v) is 1.96. The summed E-state index contributed by atoms with van der Waals surface area (Å²) in [7, 11) is 1.17. The van der Waals surface area contributed by atoms with Gasteiger partial charge in [-0.05, 0) is 20.8 Å². The van der Waals surface area contributed by atoms with Gasteiger partial charge in [0.15, 0.2) is 17.7 Å². The molecule has 0 radical (unpaired) electrons. The van der Waals surface area contributed by atoms with E-state index in [1.54, 1.807) is 0 Å². The van der Waals surface area contributed by atoms with Gasteiger partial charge in [-0.15, -0.1) is 0 Å². The lowest BCUT2D eigenvalue weighted by atomic mass is 9.82. The fraction of sp³-hybridized carbons (Fsp3) is 0.833. The first-order valence-electron chi connectivity index (χ1n) is 5.89. The average Bonchev–Trinajstić information content (AvgIpc) is 2.29. The van der Waals surface area contributed by atoms with Crippen molar-refractivity contribution in [3.8, 4) is 0 Å². The van der Waals surface area contributed by atoms with Crippen molar-refractivity contribution in [2.24, 2.45) is 5.92 Å². The average molecular weight is 260 g/mol. The molecular formula is C12H20O6. The first-order chi connectivity index (χ1) is 8.28. The summed E-state index contributed by atoms with van der Waals surface area (Å²) >= 11 is 0. The Balaban J connectivity index is 2.79. The fourth-order valence-electron chi connectivity index (χ4n) is 1.96. The molecule has 18 heavy (non-hydrogen) atoms. The van der Waals surface area contributed by atoms with Crippen LogP contribution in [-0.2, 0) is 23.8 Å². The Labute approximate surface area is 106 Å². The number of aliphatic hydroxyl groups is 1. The van der Waals surface area contributed by atoms with Crippen molar-refractivity contribution in [3.63, 3.8) is 0 Å². The van der Waals surface area contributed by atoms with Crippen molar-refractivity contribution >= 4 is 11.8 Å². The minimum atomic E-state index is -1.85. The van der Waals surface area contributed by atoms with Crippen LogP contribution in [0.1, 0.15) is 27.2 Å². The molecule has 1 aliphatic rings. The molecule has 6 heteroatoms. The zero-order valence-corrected chi connectivity index (χ0v) is 11.1. The number of hydrogen-bond acceptors (Lipinski definition) is 6. The van der Waals surface area contributed by atoms with Crippen LogP contribution in [0, 0.1) is 5.92 Å². The zero-order chi connectivity index (χ0) is 13.9. The Hall–Kier alpha value is -0.980. The standard InChI is InChI=1S/C12H20O6/c1-7(2)18-10-5-8(9(13)6-17-10)12(3,15)11(14)16-4/h7-8,10,15H,5-6H2,1-4H3/t8-,10+,12-/m0/s1. The van der Waals surface area contributed by atoms with Crippen molar-refractivity contribution in [1.82, 2.24) is 0 Å². The molecule has 1 N–H and O–H groups in total. The third-order valence-electron chi connectivity index (χ3n) is 2.93. The van der Waals surface area contributed by atoms with Crippen LogP contribution in [0.15, 0.2) is 0 Å². The second kappa shape index (κ2) is 5.77. The SMILES string of the molecule is COC(=O)[C@@](C)(O)[C@H]1C[C@@H](OC(C)C)OCC1=O. The van der Waals surface area contributed by atoms with Crippen LogP contribution in [0.3, 0.4) is 0 Å². The van der Waals surface area contributed by atoms with Crippen LogP contribution >= 0.6 is 0 Å². The van der Waals surface area contributed by atoms with E-state index in [0.29, 0.717) is 0 Å². The summed E-state index contributed by atoms with van der Waals surface area (Å²) in [5.41, 5.74) is -1.85. The van der Waals surface area contributed by atoms with Crippen LogP contribution in [0.4, 0.5) is 0 Å². The highest BCUT2D eigenvalue weighted by molar-refractivity contribution is 5.91. The van der Waals surface area contributed by atoms with Gasteiger partial charge >= 0.3 is 5.97 Å². The summed E-state index contributed by atoms with van der Waals surface area (Å²) in [5.74, 6) is -2.03. The smallest absolute Gasteiger partial charge is 0.338 e. The molecule has 1 heterocycles. The van der Waals surface area contributed by atoms with Gasteiger partial charge in [0.2, 0.25) is 0 Å². The molecule has 1 aliphatic heterocycles. The summed E-state index contributed by atoms with van der Waals surface area (Å²) in [6.07, 6.45) is -0.519. The first kappa shape index (κ1) is 15.1. The normalized spacial score (nSPS) is 28.0. The molecule has 3 atom stereocenters. The van der Waals surface area contributed by atoms with Crippen molar-refractivity contribution in [1.29, 1.82) is 0 Å². The molecular weight excluding hydrogens is 240 g/mol. The Bertz CT molecular complexity index is 323. The van der Waals surface area contributed by atoms with Gasteiger partial charge in [0.25, 0.3) is 0 Å². The second-order valence-corrected chi connectivity index (χ2v) is 4.82. The van der Waals surface area contributed by atoms with E-state index in [1.165, 1.54) is 14.0 Å². The van der Waals surface area contributed by atoms with E-state index >= 15 is 0 Å². The predicted molar refractivity (Wildman–Crippen MR) is 61.7 cm³/mol. The molecule has 6 nitrogen and oxygen atoms in total. The highest BCUT2D eigenvalue weighted by Crippen LogP contribution is 2.29.